The van der Waals surface area contributed by atoms with Crippen LogP contribution >= 0.6 is 11.3 Å². The van der Waals surface area contributed by atoms with Gasteiger partial charge in [0.1, 0.15) is 0 Å². The summed E-state index contributed by atoms with van der Waals surface area (Å²) in [4.78, 5) is 0. The van der Waals surface area contributed by atoms with Crippen LogP contribution in [0.4, 0.5) is 6.01 Å². The molecule has 0 bridgehead atoms. The molecule has 0 saturated carbocycles. The van der Waals surface area contributed by atoms with Gasteiger partial charge in [0.15, 0.2) is 0 Å². The van der Waals surface area contributed by atoms with Crippen molar-refractivity contribution in [2.75, 3.05) is 11.9 Å². The van der Waals surface area contributed by atoms with Crippen LogP contribution in [0, 0.1) is 6.92 Å². The third kappa shape index (κ3) is 2.32. The Bertz CT molecular complexity index is 382. The van der Waals surface area contributed by atoms with E-state index >= 15 is 0 Å². The molecule has 0 amide bonds. The zero-order valence-electron chi connectivity index (χ0n) is 7.86. The van der Waals surface area contributed by atoms with E-state index in [9.17, 15) is 0 Å². The molecular formula is C9H11N3OS. The summed E-state index contributed by atoms with van der Waals surface area (Å²) in [5.41, 5.74) is 1.33. The Morgan fingerprint density at radius 1 is 1.50 bits per heavy atom. The maximum atomic E-state index is 5.17. The fourth-order valence-electron chi connectivity index (χ4n) is 1.12. The Morgan fingerprint density at radius 2 is 2.43 bits per heavy atom. The molecule has 0 aliphatic carbocycles. The molecular weight excluding hydrogens is 198 g/mol. The van der Waals surface area contributed by atoms with E-state index in [1.54, 1.807) is 18.3 Å². The number of thiophene rings is 1. The summed E-state index contributed by atoms with van der Waals surface area (Å²) in [6.07, 6.45) is 0.977. The number of nitrogens with zero attached hydrogens (tertiary/aromatic N) is 2. The van der Waals surface area contributed by atoms with Gasteiger partial charge >= 0.3 is 6.01 Å². The number of aryl methyl sites for hydroxylation is 1. The lowest BCUT2D eigenvalue weighted by Gasteiger charge is -1.98. The van der Waals surface area contributed by atoms with Gasteiger partial charge in [-0.25, -0.2) is 0 Å². The van der Waals surface area contributed by atoms with Crippen LogP contribution in [0.5, 0.6) is 0 Å². The first-order valence-corrected chi connectivity index (χ1v) is 5.34. The molecule has 0 aromatic carbocycles. The fraction of sp³-hybridized carbons (Fsp3) is 0.333. The highest BCUT2D eigenvalue weighted by Crippen LogP contribution is 2.08. The second-order valence-electron chi connectivity index (χ2n) is 2.93. The Hall–Kier alpha value is -1.36. The Morgan fingerprint density at radius 3 is 3.07 bits per heavy atom. The summed E-state index contributed by atoms with van der Waals surface area (Å²) in [5, 5.41) is 14.8. The Labute approximate surface area is 86.0 Å². The van der Waals surface area contributed by atoms with E-state index in [0.29, 0.717) is 11.9 Å². The summed E-state index contributed by atoms with van der Waals surface area (Å²) >= 11 is 1.71. The van der Waals surface area contributed by atoms with Gasteiger partial charge in [-0.2, -0.15) is 11.3 Å². The summed E-state index contributed by atoms with van der Waals surface area (Å²) in [7, 11) is 0. The van der Waals surface area contributed by atoms with Gasteiger partial charge in [-0.05, 0) is 28.8 Å². The molecule has 14 heavy (non-hydrogen) atoms. The number of hydrogen-bond acceptors (Lipinski definition) is 5. The van der Waals surface area contributed by atoms with Crippen LogP contribution in [-0.4, -0.2) is 16.7 Å². The van der Waals surface area contributed by atoms with Crippen LogP contribution in [0.3, 0.4) is 0 Å². The number of rotatable bonds is 4. The smallest absolute Gasteiger partial charge is 0.315 e. The van der Waals surface area contributed by atoms with E-state index in [1.807, 2.05) is 0 Å². The molecule has 1 N–H and O–H groups in total. The first-order valence-electron chi connectivity index (χ1n) is 4.39. The predicted octanol–water partition coefficient (Wildman–Crippen LogP) is 2.09. The van der Waals surface area contributed by atoms with Gasteiger partial charge in [-0.1, -0.05) is 5.10 Å². The maximum absolute atomic E-state index is 5.17. The Kier molecular flexibility index (Phi) is 2.78. The summed E-state index contributed by atoms with van der Waals surface area (Å²) in [6, 6.07) is 2.61. The molecule has 0 atom stereocenters. The second kappa shape index (κ2) is 4.23. The molecule has 0 aliphatic rings. The normalized spacial score (nSPS) is 10.4. The molecule has 0 aliphatic heterocycles. The SMILES string of the molecule is Cc1nnc(NCCc2ccsc2)o1. The topological polar surface area (TPSA) is 51.0 Å². The van der Waals surface area contributed by atoms with Crippen LogP contribution in [0.2, 0.25) is 0 Å². The highest BCUT2D eigenvalue weighted by Gasteiger charge is 2.00. The van der Waals surface area contributed by atoms with E-state index < -0.39 is 0 Å². The molecule has 5 heteroatoms. The number of hydrogen-bond donors (Lipinski definition) is 1. The highest BCUT2D eigenvalue weighted by atomic mass is 32.1. The maximum Gasteiger partial charge on any atom is 0.315 e. The lowest BCUT2D eigenvalue weighted by atomic mass is 10.2. The standard InChI is InChI=1S/C9H11N3OS/c1-7-11-12-9(13-7)10-4-2-8-3-5-14-6-8/h3,5-6H,2,4H2,1H3,(H,10,12). The Balaban J connectivity index is 1.78. The quantitative estimate of drug-likeness (QED) is 0.837. The molecule has 0 unspecified atom stereocenters. The molecule has 2 aromatic heterocycles. The van der Waals surface area contributed by atoms with E-state index in [0.717, 1.165) is 13.0 Å². The summed E-state index contributed by atoms with van der Waals surface area (Å²) in [6.45, 7) is 2.59. The molecule has 2 heterocycles. The zero-order chi connectivity index (χ0) is 9.80. The minimum Gasteiger partial charge on any atom is -0.408 e. The van der Waals surface area contributed by atoms with Crippen molar-refractivity contribution >= 4 is 17.4 Å². The van der Waals surface area contributed by atoms with Crippen LogP contribution in [0.1, 0.15) is 11.5 Å². The minimum atomic E-state index is 0.498. The molecule has 74 valence electrons. The zero-order valence-corrected chi connectivity index (χ0v) is 8.67. The van der Waals surface area contributed by atoms with Crippen molar-refractivity contribution < 1.29 is 4.42 Å². The van der Waals surface area contributed by atoms with Gasteiger partial charge in [0, 0.05) is 13.5 Å². The fourth-order valence-corrected chi connectivity index (χ4v) is 1.82. The number of nitrogens with one attached hydrogen (secondary N) is 1. The summed E-state index contributed by atoms with van der Waals surface area (Å²) < 4.78 is 5.17. The van der Waals surface area contributed by atoms with Gasteiger partial charge in [-0.3, -0.25) is 0 Å². The third-order valence-electron chi connectivity index (χ3n) is 1.80. The molecule has 0 spiro atoms. The van der Waals surface area contributed by atoms with Crippen molar-refractivity contribution in [3.63, 3.8) is 0 Å². The van der Waals surface area contributed by atoms with Crippen LogP contribution in [0.15, 0.2) is 21.2 Å². The molecule has 0 saturated heterocycles. The van der Waals surface area contributed by atoms with E-state index in [4.69, 9.17) is 4.42 Å². The van der Waals surface area contributed by atoms with Gasteiger partial charge in [-0.15, -0.1) is 5.10 Å². The molecule has 0 radical (unpaired) electrons. The summed E-state index contributed by atoms with van der Waals surface area (Å²) in [5.74, 6) is 0.586. The molecule has 0 fully saturated rings. The minimum absolute atomic E-state index is 0.498. The molecule has 4 nitrogen and oxygen atoms in total. The van der Waals surface area contributed by atoms with Crippen molar-refractivity contribution in [2.24, 2.45) is 0 Å². The van der Waals surface area contributed by atoms with Gasteiger partial charge < -0.3 is 9.73 Å². The highest BCUT2D eigenvalue weighted by molar-refractivity contribution is 7.07. The average molecular weight is 209 g/mol. The van der Waals surface area contributed by atoms with Crippen LogP contribution < -0.4 is 5.32 Å². The van der Waals surface area contributed by atoms with Crippen molar-refractivity contribution in [3.8, 4) is 0 Å². The average Bonchev–Trinajstić information content (AvgIpc) is 2.77. The number of anilines is 1. The van der Waals surface area contributed by atoms with E-state index in [2.05, 4.69) is 32.3 Å². The van der Waals surface area contributed by atoms with Crippen molar-refractivity contribution in [2.45, 2.75) is 13.3 Å². The van der Waals surface area contributed by atoms with Crippen LogP contribution in [0.25, 0.3) is 0 Å². The van der Waals surface area contributed by atoms with Gasteiger partial charge in [0.25, 0.3) is 0 Å². The first kappa shape index (κ1) is 9.21. The lowest BCUT2D eigenvalue weighted by molar-refractivity contribution is 0.531. The third-order valence-corrected chi connectivity index (χ3v) is 2.53. The van der Waals surface area contributed by atoms with Crippen molar-refractivity contribution in [1.82, 2.24) is 10.2 Å². The monoisotopic (exact) mass is 209 g/mol. The van der Waals surface area contributed by atoms with Gasteiger partial charge in [0.05, 0.1) is 0 Å². The van der Waals surface area contributed by atoms with Crippen molar-refractivity contribution in [1.29, 1.82) is 0 Å². The first-order chi connectivity index (χ1) is 6.84. The van der Waals surface area contributed by atoms with Gasteiger partial charge in [0.2, 0.25) is 5.89 Å². The largest absolute Gasteiger partial charge is 0.408 e. The van der Waals surface area contributed by atoms with Crippen LogP contribution in [-0.2, 0) is 6.42 Å². The predicted molar refractivity (Wildman–Crippen MR) is 55.5 cm³/mol. The molecule has 2 rings (SSSR count). The molecule has 2 aromatic rings. The van der Waals surface area contributed by atoms with E-state index in [1.165, 1.54) is 5.56 Å². The van der Waals surface area contributed by atoms with E-state index in [-0.39, 0.29) is 0 Å². The lowest BCUT2D eigenvalue weighted by Crippen LogP contribution is -2.04. The number of aromatic nitrogens is 2. The van der Waals surface area contributed by atoms with Crippen molar-refractivity contribution in [3.05, 3.63) is 28.3 Å². The second-order valence-corrected chi connectivity index (χ2v) is 3.71.